The van der Waals surface area contributed by atoms with Crippen LogP contribution in [-0.4, -0.2) is 35.1 Å². The Morgan fingerprint density at radius 2 is 2.15 bits per heavy atom. The average molecular weight is 294 g/mol. The number of para-hydroxylation sites is 1. The predicted molar refractivity (Wildman–Crippen MR) is 70.7 cm³/mol. The van der Waals surface area contributed by atoms with Crippen molar-refractivity contribution in [1.29, 1.82) is 0 Å². The van der Waals surface area contributed by atoms with E-state index in [0.29, 0.717) is 5.69 Å². The summed E-state index contributed by atoms with van der Waals surface area (Å²) >= 11 is 0. The van der Waals surface area contributed by atoms with Crippen molar-refractivity contribution in [2.75, 3.05) is 6.61 Å². The Bertz CT molecular complexity index is 741. The Balaban J connectivity index is 1.99. The number of hydrogen-bond donors (Lipinski definition) is 2. The number of sulfonamides is 1. The maximum Gasteiger partial charge on any atom is 0.240 e. The summed E-state index contributed by atoms with van der Waals surface area (Å²) in [4.78, 5) is 0.00551. The molecule has 0 amide bonds. The number of benzene rings is 1. The van der Waals surface area contributed by atoms with E-state index in [-0.39, 0.29) is 23.3 Å². The molecule has 2 atom stereocenters. The zero-order valence-corrected chi connectivity index (χ0v) is 11.4. The highest BCUT2D eigenvalue weighted by Crippen LogP contribution is 2.46. The number of rotatable bonds is 4. The SMILES string of the molecule is NS(=O)(=O)c1ccccc1-n1cc([C@@H]2C[C@@H]2CO)nn1. The molecule has 0 saturated heterocycles. The van der Waals surface area contributed by atoms with Gasteiger partial charge in [-0.25, -0.2) is 18.2 Å². The smallest absolute Gasteiger partial charge is 0.240 e. The van der Waals surface area contributed by atoms with Crippen LogP contribution in [0.3, 0.4) is 0 Å². The summed E-state index contributed by atoms with van der Waals surface area (Å²) in [6.45, 7) is 0.130. The molecule has 1 saturated carbocycles. The predicted octanol–water partition coefficient (Wildman–Crippen LogP) is 0.0105. The lowest BCUT2D eigenvalue weighted by Crippen LogP contribution is -2.15. The molecule has 106 valence electrons. The lowest BCUT2D eigenvalue weighted by Gasteiger charge is -2.05. The van der Waals surface area contributed by atoms with E-state index in [0.717, 1.165) is 12.1 Å². The van der Waals surface area contributed by atoms with Gasteiger partial charge in [0.2, 0.25) is 10.0 Å². The highest BCUT2D eigenvalue weighted by molar-refractivity contribution is 7.89. The van der Waals surface area contributed by atoms with Crippen LogP contribution in [0.4, 0.5) is 0 Å². The van der Waals surface area contributed by atoms with Crippen LogP contribution in [0.5, 0.6) is 0 Å². The van der Waals surface area contributed by atoms with E-state index in [1.54, 1.807) is 24.4 Å². The molecule has 8 heteroatoms. The zero-order chi connectivity index (χ0) is 14.3. The third kappa shape index (κ3) is 2.33. The summed E-state index contributed by atoms with van der Waals surface area (Å²) < 4.78 is 24.5. The van der Waals surface area contributed by atoms with E-state index in [1.165, 1.54) is 10.7 Å². The van der Waals surface area contributed by atoms with E-state index in [4.69, 9.17) is 10.2 Å². The van der Waals surface area contributed by atoms with Crippen molar-refractivity contribution < 1.29 is 13.5 Å². The molecule has 2 aromatic rings. The number of nitrogens with zero attached hydrogens (tertiary/aromatic N) is 3. The first kappa shape index (κ1) is 13.2. The molecule has 3 rings (SSSR count). The lowest BCUT2D eigenvalue weighted by atomic mass is 10.2. The summed E-state index contributed by atoms with van der Waals surface area (Å²) in [7, 11) is -3.82. The van der Waals surface area contributed by atoms with E-state index >= 15 is 0 Å². The summed E-state index contributed by atoms with van der Waals surface area (Å²) in [5.74, 6) is 0.434. The van der Waals surface area contributed by atoms with Crippen molar-refractivity contribution in [3.63, 3.8) is 0 Å². The van der Waals surface area contributed by atoms with E-state index in [2.05, 4.69) is 10.3 Å². The largest absolute Gasteiger partial charge is 0.396 e. The van der Waals surface area contributed by atoms with Crippen molar-refractivity contribution in [3.8, 4) is 5.69 Å². The van der Waals surface area contributed by atoms with Crippen LogP contribution in [0.2, 0.25) is 0 Å². The fourth-order valence-electron chi connectivity index (χ4n) is 2.26. The van der Waals surface area contributed by atoms with E-state index < -0.39 is 10.0 Å². The first-order chi connectivity index (χ1) is 9.50. The Kier molecular flexibility index (Phi) is 3.08. The Morgan fingerprint density at radius 1 is 1.40 bits per heavy atom. The normalized spacial score (nSPS) is 21.9. The first-order valence-electron chi connectivity index (χ1n) is 6.16. The fourth-order valence-corrected chi connectivity index (χ4v) is 2.98. The molecule has 7 nitrogen and oxygen atoms in total. The van der Waals surface area contributed by atoms with Crippen LogP contribution in [0.15, 0.2) is 35.4 Å². The third-order valence-corrected chi connectivity index (χ3v) is 4.42. The molecule has 1 aromatic heterocycles. The molecule has 0 radical (unpaired) electrons. The molecule has 1 aliphatic rings. The van der Waals surface area contributed by atoms with Gasteiger partial charge < -0.3 is 5.11 Å². The minimum Gasteiger partial charge on any atom is -0.396 e. The number of aliphatic hydroxyl groups is 1. The number of hydrogen-bond acceptors (Lipinski definition) is 5. The number of aliphatic hydroxyl groups excluding tert-OH is 1. The minimum absolute atomic E-state index is 0.00551. The Morgan fingerprint density at radius 3 is 2.80 bits per heavy atom. The second kappa shape index (κ2) is 4.65. The molecule has 1 heterocycles. The van der Waals surface area contributed by atoms with Gasteiger partial charge in [-0.3, -0.25) is 0 Å². The van der Waals surface area contributed by atoms with Crippen molar-refractivity contribution in [2.24, 2.45) is 11.1 Å². The molecule has 0 spiro atoms. The maximum atomic E-state index is 11.6. The molecule has 0 bridgehead atoms. The van der Waals surface area contributed by atoms with Gasteiger partial charge in [-0.05, 0) is 24.5 Å². The quantitative estimate of drug-likeness (QED) is 0.825. The van der Waals surface area contributed by atoms with Crippen LogP contribution in [0.1, 0.15) is 18.0 Å². The molecule has 1 fully saturated rings. The summed E-state index contributed by atoms with van der Waals surface area (Å²) in [6.07, 6.45) is 2.57. The molecule has 1 aliphatic carbocycles. The maximum absolute atomic E-state index is 11.6. The standard InChI is InChI=1S/C12H14N4O3S/c13-20(18,19)12-4-2-1-3-11(12)16-6-10(14-15-16)9-5-8(9)7-17/h1-4,6,8-9,17H,5,7H2,(H2,13,18,19)/t8-,9-/m1/s1. The van der Waals surface area contributed by atoms with E-state index in [9.17, 15) is 8.42 Å². The molecule has 20 heavy (non-hydrogen) atoms. The zero-order valence-electron chi connectivity index (χ0n) is 10.5. The topological polar surface area (TPSA) is 111 Å². The van der Waals surface area contributed by atoms with E-state index in [1.807, 2.05) is 0 Å². The van der Waals surface area contributed by atoms with Gasteiger partial charge >= 0.3 is 0 Å². The monoisotopic (exact) mass is 294 g/mol. The molecular formula is C12H14N4O3S. The molecular weight excluding hydrogens is 280 g/mol. The van der Waals surface area contributed by atoms with Gasteiger partial charge in [0, 0.05) is 12.5 Å². The average Bonchev–Trinajstić information content (AvgIpc) is 3.05. The van der Waals surface area contributed by atoms with Crippen LogP contribution in [0, 0.1) is 5.92 Å². The van der Waals surface area contributed by atoms with Gasteiger partial charge in [-0.1, -0.05) is 17.3 Å². The molecule has 1 aromatic carbocycles. The van der Waals surface area contributed by atoms with Crippen molar-refractivity contribution in [3.05, 3.63) is 36.2 Å². The number of primary sulfonamides is 1. The van der Waals surface area contributed by atoms with Gasteiger partial charge in [0.05, 0.1) is 17.6 Å². The second-order valence-corrected chi connectivity index (χ2v) is 6.42. The summed E-state index contributed by atoms with van der Waals surface area (Å²) in [6, 6.07) is 6.36. The van der Waals surface area contributed by atoms with Crippen LogP contribution >= 0.6 is 0 Å². The second-order valence-electron chi connectivity index (χ2n) is 4.89. The highest BCUT2D eigenvalue weighted by atomic mass is 32.2. The number of aromatic nitrogens is 3. The van der Waals surface area contributed by atoms with Crippen LogP contribution in [0.25, 0.3) is 5.69 Å². The summed E-state index contributed by atoms with van der Waals surface area (Å²) in [5.41, 5.74) is 1.13. The Hall–Kier alpha value is -1.77. The van der Waals surface area contributed by atoms with Crippen molar-refractivity contribution >= 4 is 10.0 Å². The van der Waals surface area contributed by atoms with Gasteiger partial charge in [-0.2, -0.15) is 0 Å². The highest BCUT2D eigenvalue weighted by Gasteiger charge is 2.39. The van der Waals surface area contributed by atoms with Crippen molar-refractivity contribution in [1.82, 2.24) is 15.0 Å². The van der Waals surface area contributed by atoms with Gasteiger partial charge in [0.25, 0.3) is 0 Å². The van der Waals surface area contributed by atoms with Crippen LogP contribution < -0.4 is 5.14 Å². The van der Waals surface area contributed by atoms with Gasteiger partial charge in [0.1, 0.15) is 4.90 Å². The van der Waals surface area contributed by atoms with Gasteiger partial charge in [-0.15, -0.1) is 5.10 Å². The molecule has 3 N–H and O–H groups in total. The summed E-state index contributed by atoms with van der Waals surface area (Å²) in [5, 5.41) is 22.3. The van der Waals surface area contributed by atoms with Crippen LogP contribution in [-0.2, 0) is 10.0 Å². The number of nitrogens with two attached hydrogens (primary N) is 1. The Labute approximate surface area is 116 Å². The minimum atomic E-state index is -3.82. The third-order valence-electron chi connectivity index (χ3n) is 3.47. The molecule has 0 unspecified atom stereocenters. The van der Waals surface area contributed by atoms with Crippen molar-refractivity contribution in [2.45, 2.75) is 17.2 Å². The first-order valence-corrected chi connectivity index (χ1v) is 7.70. The lowest BCUT2D eigenvalue weighted by molar-refractivity contribution is 0.273. The van der Waals surface area contributed by atoms with Gasteiger partial charge in [0.15, 0.2) is 0 Å². The fraction of sp³-hybridized carbons (Fsp3) is 0.333. The molecule has 0 aliphatic heterocycles.